The number of thioether (sulfide) groups is 1. The monoisotopic (exact) mass is 349 g/mol. The van der Waals surface area contributed by atoms with Crippen LogP contribution in [0.1, 0.15) is 16.8 Å². The number of benzene rings is 1. The van der Waals surface area contributed by atoms with Gasteiger partial charge in [0.15, 0.2) is 0 Å². The first-order chi connectivity index (χ1) is 9.56. The van der Waals surface area contributed by atoms with Gasteiger partial charge < -0.3 is 16.4 Å². The van der Waals surface area contributed by atoms with Gasteiger partial charge in [-0.2, -0.15) is 11.8 Å². The molecule has 8 heteroatoms. The molecule has 1 aromatic rings. The molecule has 2 amide bonds. The van der Waals surface area contributed by atoms with Crippen LogP contribution in [-0.2, 0) is 4.79 Å². The lowest BCUT2D eigenvalue weighted by atomic mass is 10.2. The molecule has 1 unspecified atom stereocenters. The third-order valence-corrected chi connectivity index (χ3v) is 4.39. The van der Waals surface area contributed by atoms with Crippen molar-refractivity contribution >= 4 is 53.3 Å². The Kier molecular flexibility index (Phi) is 7.31. The van der Waals surface area contributed by atoms with Crippen LogP contribution in [0, 0.1) is 0 Å². The lowest BCUT2D eigenvalue weighted by molar-refractivity contribution is -0.116. The van der Waals surface area contributed by atoms with E-state index in [0.717, 1.165) is 18.1 Å². The van der Waals surface area contributed by atoms with Crippen LogP contribution in [0.4, 0.5) is 5.69 Å². The number of halogens is 2. The zero-order chi connectivity index (χ0) is 14.5. The van der Waals surface area contributed by atoms with Gasteiger partial charge in [0, 0.05) is 36.2 Å². The summed E-state index contributed by atoms with van der Waals surface area (Å²) in [6, 6.07) is 4.86. The van der Waals surface area contributed by atoms with Crippen LogP contribution >= 0.6 is 35.8 Å². The molecular formula is C13H17Cl2N3O2S. The molecule has 4 N–H and O–H groups in total. The van der Waals surface area contributed by atoms with Gasteiger partial charge in [-0.1, -0.05) is 11.6 Å². The predicted octanol–water partition coefficient (Wildman–Crippen LogP) is 1.89. The lowest BCUT2D eigenvalue weighted by Gasteiger charge is -2.22. The van der Waals surface area contributed by atoms with Gasteiger partial charge in [-0.3, -0.25) is 9.59 Å². The zero-order valence-electron chi connectivity index (χ0n) is 11.2. The smallest absolute Gasteiger partial charge is 0.250 e. The Hall–Kier alpha value is -0.950. The minimum atomic E-state index is -0.587. The van der Waals surface area contributed by atoms with Crippen LogP contribution in [-0.4, -0.2) is 35.9 Å². The minimum absolute atomic E-state index is 0. The second-order valence-electron chi connectivity index (χ2n) is 4.54. The highest BCUT2D eigenvalue weighted by Crippen LogP contribution is 2.21. The van der Waals surface area contributed by atoms with E-state index in [1.54, 1.807) is 6.07 Å². The molecule has 0 bridgehead atoms. The molecular weight excluding hydrogens is 333 g/mol. The molecule has 0 spiro atoms. The van der Waals surface area contributed by atoms with Gasteiger partial charge in [0.1, 0.15) is 0 Å². The third kappa shape index (κ3) is 5.39. The Morgan fingerprint density at radius 1 is 1.48 bits per heavy atom. The van der Waals surface area contributed by atoms with Crippen LogP contribution < -0.4 is 16.4 Å². The largest absolute Gasteiger partial charge is 0.366 e. The molecule has 1 fully saturated rings. The summed E-state index contributed by atoms with van der Waals surface area (Å²) in [6.07, 6.45) is 0.419. The van der Waals surface area contributed by atoms with Crippen molar-refractivity contribution in [1.29, 1.82) is 0 Å². The second kappa shape index (κ2) is 8.48. The number of rotatable bonds is 4. The average molecular weight is 350 g/mol. The Morgan fingerprint density at radius 2 is 2.24 bits per heavy atom. The maximum atomic E-state index is 11.9. The van der Waals surface area contributed by atoms with Crippen LogP contribution in [0.5, 0.6) is 0 Å². The van der Waals surface area contributed by atoms with E-state index in [9.17, 15) is 9.59 Å². The number of anilines is 1. The molecule has 1 aliphatic heterocycles. The molecule has 0 saturated carbocycles. The molecule has 0 radical (unpaired) electrons. The highest BCUT2D eigenvalue weighted by atomic mass is 35.5. The number of carbonyl (C=O) groups excluding carboxylic acids is 2. The summed E-state index contributed by atoms with van der Waals surface area (Å²) in [7, 11) is 0. The predicted molar refractivity (Wildman–Crippen MR) is 89.6 cm³/mol. The van der Waals surface area contributed by atoms with Gasteiger partial charge in [-0.25, -0.2) is 0 Å². The maximum absolute atomic E-state index is 11.9. The maximum Gasteiger partial charge on any atom is 0.250 e. The minimum Gasteiger partial charge on any atom is -0.366 e. The molecule has 0 aliphatic carbocycles. The quantitative estimate of drug-likeness (QED) is 0.774. The van der Waals surface area contributed by atoms with Crippen LogP contribution in [0.2, 0.25) is 5.02 Å². The van der Waals surface area contributed by atoms with Crippen LogP contribution in [0.15, 0.2) is 18.2 Å². The summed E-state index contributed by atoms with van der Waals surface area (Å²) >= 11 is 7.78. The first-order valence-electron chi connectivity index (χ1n) is 6.26. The van der Waals surface area contributed by atoms with Crippen molar-refractivity contribution in [3.05, 3.63) is 28.8 Å². The topological polar surface area (TPSA) is 84.2 Å². The lowest BCUT2D eigenvalue weighted by Crippen LogP contribution is -2.39. The van der Waals surface area contributed by atoms with E-state index in [1.165, 1.54) is 12.1 Å². The molecule has 1 saturated heterocycles. The summed E-state index contributed by atoms with van der Waals surface area (Å²) in [5.74, 6) is 1.36. The Balaban J connectivity index is 0.00000220. The second-order valence-corrected chi connectivity index (χ2v) is 6.09. The molecule has 1 aliphatic rings. The van der Waals surface area contributed by atoms with E-state index in [1.807, 2.05) is 11.8 Å². The van der Waals surface area contributed by atoms with Crippen molar-refractivity contribution in [2.75, 3.05) is 23.4 Å². The van der Waals surface area contributed by atoms with Gasteiger partial charge in [-0.15, -0.1) is 12.4 Å². The molecule has 5 nitrogen and oxygen atoms in total. The number of nitrogens with one attached hydrogen (secondary N) is 2. The fraction of sp³-hybridized carbons (Fsp3) is 0.385. The van der Waals surface area contributed by atoms with E-state index < -0.39 is 5.91 Å². The number of nitrogens with two attached hydrogens (primary N) is 1. The Morgan fingerprint density at radius 3 is 2.81 bits per heavy atom. The summed E-state index contributed by atoms with van der Waals surface area (Å²) in [4.78, 5) is 23.0. The first-order valence-corrected chi connectivity index (χ1v) is 7.80. The normalized spacial score (nSPS) is 17.7. The van der Waals surface area contributed by atoms with E-state index in [-0.39, 0.29) is 34.9 Å². The van der Waals surface area contributed by atoms with Gasteiger partial charge in [0.25, 0.3) is 0 Å². The average Bonchev–Trinajstić information content (AvgIpc) is 2.39. The number of hydrogen-bond donors (Lipinski definition) is 3. The summed E-state index contributed by atoms with van der Waals surface area (Å²) < 4.78 is 0. The fourth-order valence-electron chi connectivity index (χ4n) is 1.98. The molecule has 116 valence electrons. The van der Waals surface area contributed by atoms with Crippen molar-refractivity contribution in [3.8, 4) is 0 Å². The summed E-state index contributed by atoms with van der Waals surface area (Å²) in [6.45, 7) is 0.932. The Bertz CT molecular complexity index is 522. The van der Waals surface area contributed by atoms with Crippen molar-refractivity contribution < 1.29 is 9.59 Å². The van der Waals surface area contributed by atoms with E-state index in [4.69, 9.17) is 17.3 Å². The van der Waals surface area contributed by atoms with Gasteiger partial charge in [0.05, 0.1) is 10.6 Å². The highest BCUT2D eigenvalue weighted by molar-refractivity contribution is 7.99. The fourth-order valence-corrected chi connectivity index (χ4v) is 3.20. The van der Waals surface area contributed by atoms with E-state index >= 15 is 0 Å². The van der Waals surface area contributed by atoms with Crippen molar-refractivity contribution in [1.82, 2.24) is 5.32 Å². The third-order valence-electron chi connectivity index (χ3n) is 2.95. The van der Waals surface area contributed by atoms with E-state index in [2.05, 4.69) is 10.6 Å². The van der Waals surface area contributed by atoms with Crippen LogP contribution in [0.25, 0.3) is 0 Å². The molecule has 21 heavy (non-hydrogen) atoms. The molecule has 1 heterocycles. The molecule has 1 aromatic carbocycles. The van der Waals surface area contributed by atoms with E-state index in [0.29, 0.717) is 12.1 Å². The SMILES string of the molecule is Cl.NC(=O)c1ccc(NC(=O)CC2CSCCN2)cc1Cl. The van der Waals surface area contributed by atoms with Crippen molar-refractivity contribution in [2.45, 2.75) is 12.5 Å². The number of primary amides is 1. The van der Waals surface area contributed by atoms with Gasteiger partial charge >= 0.3 is 0 Å². The number of hydrogen-bond acceptors (Lipinski definition) is 4. The van der Waals surface area contributed by atoms with Gasteiger partial charge in [0.2, 0.25) is 11.8 Å². The molecule has 2 rings (SSSR count). The van der Waals surface area contributed by atoms with Gasteiger partial charge in [-0.05, 0) is 18.2 Å². The first kappa shape index (κ1) is 18.1. The molecule has 1 atom stereocenters. The van der Waals surface area contributed by atoms with Crippen molar-refractivity contribution in [2.24, 2.45) is 5.73 Å². The highest BCUT2D eigenvalue weighted by Gasteiger charge is 2.17. The standard InChI is InChI=1S/C13H16ClN3O2S.ClH/c14-11-5-8(1-2-10(11)13(15)19)17-12(18)6-9-7-20-4-3-16-9;/h1-2,5,9,16H,3-4,6-7H2,(H2,15,19)(H,17,18);1H. The Labute approximate surface area is 138 Å². The van der Waals surface area contributed by atoms with Crippen molar-refractivity contribution in [3.63, 3.8) is 0 Å². The zero-order valence-corrected chi connectivity index (χ0v) is 13.6. The molecule has 0 aromatic heterocycles. The summed E-state index contributed by atoms with van der Waals surface area (Å²) in [5, 5.41) is 6.31. The number of carbonyl (C=O) groups is 2. The summed E-state index contributed by atoms with van der Waals surface area (Å²) in [5.41, 5.74) is 5.98. The van der Waals surface area contributed by atoms with Crippen LogP contribution in [0.3, 0.4) is 0 Å². The number of amides is 2.